The van der Waals surface area contributed by atoms with Crippen LogP contribution in [0.15, 0.2) is 30.3 Å². The first-order valence-electron chi connectivity index (χ1n) is 21.9. The predicted octanol–water partition coefficient (Wildman–Crippen LogP) is 3.05. The van der Waals surface area contributed by atoms with E-state index in [2.05, 4.69) is 16.0 Å². The number of hydrogen-bond donors (Lipinski definition) is 5. The molecule has 16 nitrogen and oxygen atoms in total. The van der Waals surface area contributed by atoms with E-state index >= 15 is 0 Å². The number of aliphatic hydroxyl groups is 1. The van der Waals surface area contributed by atoms with Crippen LogP contribution in [-0.4, -0.2) is 150 Å². The maximum absolute atomic E-state index is 14.4. The normalized spacial score (nSPS) is 18.7. The maximum Gasteiger partial charge on any atom is 0.303 e. The number of aliphatic hydroxyl groups excluding tert-OH is 1. The summed E-state index contributed by atoms with van der Waals surface area (Å²) in [6.45, 7) is 15.7. The molecule has 0 spiro atoms. The Morgan fingerprint density at radius 1 is 0.869 bits per heavy atom. The average Bonchev–Trinajstić information content (AvgIpc) is 3.70. The van der Waals surface area contributed by atoms with Gasteiger partial charge in [-0.2, -0.15) is 0 Å². The van der Waals surface area contributed by atoms with E-state index in [0.717, 1.165) is 5.56 Å². The first kappa shape index (κ1) is 53.0. The fourth-order valence-corrected chi connectivity index (χ4v) is 8.49. The van der Waals surface area contributed by atoms with Gasteiger partial charge in [0.25, 0.3) is 0 Å². The van der Waals surface area contributed by atoms with E-state index in [9.17, 15) is 33.9 Å². The first-order chi connectivity index (χ1) is 28.7. The maximum atomic E-state index is 14.4. The molecule has 1 heterocycles. The molecule has 61 heavy (non-hydrogen) atoms. The van der Waals surface area contributed by atoms with Crippen molar-refractivity contribution in [3.05, 3.63) is 35.9 Å². The van der Waals surface area contributed by atoms with Crippen LogP contribution >= 0.6 is 0 Å². The van der Waals surface area contributed by atoms with Crippen molar-refractivity contribution in [1.82, 2.24) is 30.7 Å². The molecule has 0 saturated carbocycles. The van der Waals surface area contributed by atoms with Crippen LogP contribution in [0.4, 0.5) is 0 Å². The largest absolute Gasteiger partial charge is 0.481 e. The number of nitrogens with zero attached hydrogens (tertiary/aromatic N) is 3. The number of methoxy groups -OCH3 is 2. The lowest BCUT2D eigenvalue weighted by Crippen LogP contribution is -2.60. The predicted molar refractivity (Wildman–Crippen MR) is 233 cm³/mol. The minimum atomic E-state index is -1.21. The van der Waals surface area contributed by atoms with E-state index in [1.807, 2.05) is 76.8 Å². The fraction of sp³-hybridized carbons (Fsp3) is 0.733. The number of ether oxygens (including phenoxy) is 2. The van der Waals surface area contributed by atoms with Gasteiger partial charge in [-0.05, 0) is 63.1 Å². The molecule has 5 N–H and O–H groups in total. The smallest absolute Gasteiger partial charge is 0.303 e. The fourth-order valence-electron chi connectivity index (χ4n) is 8.49. The molecule has 1 aliphatic heterocycles. The van der Waals surface area contributed by atoms with Gasteiger partial charge in [-0.1, -0.05) is 85.2 Å². The molecule has 346 valence electrons. The standard InChI is InChI=1S/C45H76N6O10/c1-13-29(6)40(50(10)45(59)37(27(2)3)47-44(58)39(28(4)5)49(9)23-18-22-36(54)55)34(60-11)25-35(53)51-24-17-21-33(51)41(61-12)30(7)42(56)48-38(31(8)52)43(57)46-26-32-19-15-14-16-20-32/h14-16,19-20,27-31,33-34,37-41,52H,13,17-18,21-26H2,1-12H3,(H,46,57)(H,47,58)(H,48,56)(H,54,55)/t29-,30+,31+,33-,34+,37-,38-,39-,40?,41+/m0/s1. The van der Waals surface area contributed by atoms with Gasteiger partial charge in [-0.25, -0.2) is 0 Å². The molecule has 1 unspecified atom stereocenters. The molecule has 1 aliphatic rings. The van der Waals surface area contributed by atoms with Crippen molar-refractivity contribution in [3.63, 3.8) is 0 Å². The summed E-state index contributed by atoms with van der Waals surface area (Å²) in [6, 6.07) is 5.59. The number of likely N-dealkylation sites (N-methyl/N-ethyl adjacent to an activating group) is 2. The van der Waals surface area contributed by atoms with Crippen LogP contribution in [0.1, 0.15) is 99.5 Å². The molecular weight excluding hydrogens is 785 g/mol. The molecule has 5 amide bonds. The van der Waals surface area contributed by atoms with E-state index in [-0.39, 0.29) is 54.9 Å². The van der Waals surface area contributed by atoms with Gasteiger partial charge in [0, 0.05) is 40.8 Å². The number of carboxylic acids is 1. The molecule has 0 aromatic heterocycles. The summed E-state index contributed by atoms with van der Waals surface area (Å²) in [5, 5.41) is 28.1. The quantitative estimate of drug-likeness (QED) is 0.0916. The van der Waals surface area contributed by atoms with Crippen molar-refractivity contribution < 1.29 is 48.5 Å². The zero-order valence-corrected chi connectivity index (χ0v) is 38.7. The third-order valence-corrected chi connectivity index (χ3v) is 12.1. The van der Waals surface area contributed by atoms with Crippen LogP contribution in [0.5, 0.6) is 0 Å². The average molecular weight is 861 g/mol. The van der Waals surface area contributed by atoms with E-state index in [1.54, 1.807) is 30.8 Å². The van der Waals surface area contributed by atoms with Crippen LogP contribution in [0, 0.1) is 23.7 Å². The zero-order chi connectivity index (χ0) is 46.1. The van der Waals surface area contributed by atoms with Crippen molar-refractivity contribution in [2.24, 2.45) is 23.7 Å². The Morgan fingerprint density at radius 2 is 1.49 bits per heavy atom. The highest BCUT2D eigenvalue weighted by Gasteiger charge is 2.44. The van der Waals surface area contributed by atoms with Gasteiger partial charge in [-0.15, -0.1) is 0 Å². The number of aliphatic carboxylic acids is 1. The molecule has 0 aliphatic carbocycles. The van der Waals surface area contributed by atoms with Gasteiger partial charge in [0.15, 0.2) is 0 Å². The molecule has 16 heteroatoms. The number of amides is 5. The van der Waals surface area contributed by atoms with Crippen molar-refractivity contribution in [2.45, 2.75) is 149 Å². The van der Waals surface area contributed by atoms with E-state index in [4.69, 9.17) is 14.6 Å². The molecule has 1 fully saturated rings. The number of hydrogen-bond acceptors (Lipinski definition) is 10. The zero-order valence-electron chi connectivity index (χ0n) is 38.7. The highest BCUT2D eigenvalue weighted by atomic mass is 16.5. The molecule has 0 bridgehead atoms. The number of rotatable bonds is 26. The van der Waals surface area contributed by atoms with E-state index < -0.39 is 72.2 Å². The molecule has 10 atom stereocenters. The summed E-state index contributed by atoms with van der Waals surface area (Å²) in [7, 11) is 6.45. The van der Waals surface area contributed by atoms with Crippen LogP contribution < -0.4 is 16.0 Å². The Morgan fingerprint density at radius 3 is 2.02 bits per heavy atom. The molecule has 1 saturated heterocycles. The SMILES string of the molecule is CC[C@H](C)C([C@@H](CC(=O)N1CCC[C@H]1[C@H](OC)[C@@H](C)C(=O)N[C@H](C(=O)NCc1ccccc1)[C@@H](C)O)OC)N(C)C(=O)[C@@H](NC(=O)[C@H](C(C)C)N(C)CCCC(=O)O)C(C)C. The van der Waals surface area contributed by atoms with Gasteiger partial charge in [0.2, 0.25) is 29.5 Å². The second-order valence-electron chi connectivity index (χ2n) is 17.4. The Bertz CT molecular complexity index is 1560. The van der Waals surface area contributed by atoms with Gasteiger partial charge in [0.1, 0.15) is 12.1 Å². The molecule has 0 radical (unpaired) electrons. The second kappa shape index (κ2) is 25.7. The molecular formula is C45H76N6O10. The lowest BCUT2D eigenvalue weighted by Gasteiger charge is -2.41. The topological polar surface area (TPSA) is 207 Å². The molecule has 1 aromatic rings. The third-order valence-electron chi connectivity index (χ3n) is 12.1. The Hall–Kier alpha value is -4.12. The van der Waals surface area contributed by atoms with Gasteiger partial charge < -0.3 is 45.4 Å². The summed E-state index contributed by atoms with van der Waals surface area (Å²) in [6.07, 6.45) is -0.394. The summed E-state index contributed by atoms with van der Waals surface area (Å²) in [4.78, 5) is 85.6. The summed E-state index contributed by atoms with van der Waals surface area (Å²) in [5.41, 5.74) is 0.866. The Kier molecular flexibility index (Phi) is 22.4. The molecule has 1 aromatic carbocycles. The number of likely N-dealkylation sites (tertiary alicyclic amines) is 1. The van der Waals surface area contributed by atoms with E-state index in [1.165, 1.54) is 21.1 Å². The number of carboxylic acid groups (broad SMARTS) is 1. The van der Waals surface area contributed by atoms with Crippen LogP contribution in [-0.2, 0) is 44.8 Å². The lowest BCUT2D eigenvalue weighted by atomic mass is 9.89. The Labute approximate surface area is 363 Å². The van der Waals surface area contributed by atoms with Crippen molar-refractivity contribution in [2.75, 3.05) is 41.4 Å². The highest BCUT2D eigenvalue weighted by molar-refractivity contribution is 5.91. The van der Waals surface area contributed by atoms with Crippen LogP contribution in [0.3, 0.4) is 0 Å². The molecule has 2 rings (SSSR count). The highest BCUT2D eigenvalue weighted by Crippen LogP contribution is 2.30. The number of benzene rings is 1. The Balaban J connectivity index is 2.25. The number of carbonyl (C=O) groups is 6. The monoisotopic (exact) mass is 861 g/mol. The number of nitrogens with one attached hydrogen (secondary N) is 3. The lowest BCUT2D eigenvalue weighted by molar-refractivity contribution is -0.148. The third kappa shape index (κ3) is 15.3. The van der Waals surface area contributed by atoms with Gasteiger partial charge in [0.05, 0.1) is 48.8 Å². The van der Waals surface area contributed by atoms with Crippen molar-refractivity contribution in [1.29, 1.82) is 0 Å². The van der Waals surface area contributed by atoms with E-state index in [0.29, 0.717) is 38.8 Å². The van der Waals surface area contributed by atoms with Crippen molar-refractivity contribution >= 4 is 35.5 Å². The van der Waals surface area contributed by atoms with Gasteiger partial charge in [-0.3, -0.25) is 33.7 Å². The number of carbonyl (C=O) groups excluding carboxylic acids is 5. The minimum Gasteiger partial charge on any atom is -0.481 e. The van der Waals surface area contributed by atoms with Gasteiger partial charge >= 0.3 is 5.97 Å². The minimum absolute atomic E-state index is 0.0147. The first-order valence-corrected chi connectivity index (χ1v) is 21.9. The summed E-state index contributed by atoms with van der Waals surface area (Å²) < 4.78 is 11.9. The summed E-state index contributed by atoms with van der Waals surface area (Å²) in [5.74, 6) is -4.10. The van der Waals surface area contributed by atoms with Crippen LogP contribution in [0.25, 0.3) is 0 Å². The second-order valence-corrected chi connectivity index (χ2v) is 17.4. The van der Waals surface area contributed by atoms with Crippen molar-refractivity contribution in [3.8, 4) is 0 Å². The summed E-state index contributed by atoms with van der Waals surface area (Å²) >= 11 is 0. The van der Waals surface area contributed by atoms with Crippen LogP contribution in [0.2, 0.25) is 0 Å².